The molecule has 2 aliphatic rings. The quantitative estimate of drug-likeness (QED) is 0.343. The van der Waals surface area contributed by atoms with Crippen LogP contribution in [0.15, 0.2) is 4.99 Å². The number of nitrogens with one attached hydrogen (secondary N) is 2. The van der Waals surface area contributed by atoms with Crippen LogP contribution in [-0.4, -0.2) is 98.7 Å². The van der Waals surface area contributed by atoms with Gasteiger partial charge in [-0.3, -0.25) is 9.89 Å². The third-order valence-electron chi connectivity index (χ3n) is 5.54. The normalized spacial score (nSPS) is 26.6. The van der Waals surface area contributed by atoms with Gasteiger partial charge in [-0.2, -0.15) is 0 Å². The van der Waals surface area contributed by atoms with Crippen molar-refractivity contribution in [2.24, 2.45) is 10.9 Å². The van der Waals surface area contributed by atoms with Crippen LogP contribution in [0, 0.1) is 5.92 Å². The van der Waals surface area contributed by atoms with Gasteiger partial charge in [0, 0.05) is 51.4 Å². The van der Waals surface area contributed by atoms with Crippen molar-refractivity contribution in [1.29, 1.82) is 0 Å². The number of likely N-dealkylation sites (N-methyl/N-ethyl adjacent to an activating group) is 1. The van der Waals surface area contributed by atoms with Crippen LogP contribution in [0.4, 0.5) is 0 Å². The molecule has 2 saturated heterocycles. The second-order valence-corrected chi connectivity index (χ2v) is 8.03. The van der Waals surface area contributed by atoms with Crippen LogP contribution in [0.1, 0.15) is 34.1 Å². The van der Waals surface area contributed by atoms with E-state index in [9.17, 15) is 0 Å². The molecule has 0 aromatic carbocycles. The predicted molar refractivity (Wildman–Crippen MR) is 123 cm³/mol. The van der Waals surface area contributed by atoms with Crippen LogP contribution in [0.25, 0.3) is 0 Å². The summed E-state index contributed by atoms with van der Waals surface area (Å²) in [6.07, 6.45) is 1.27. The molecule has 2 heterocycles. The summed E-state index contributed by atoms with van der Waals surface area (Å²) in [7, 11) is 2.22. The summed E-state index contributed by atoms with van der Waals surface area (Å²) < 4.78 is 0. The Hall–Kier alpha value is -0.120. The maximum Gasteiger partial charge on any atom is 0.191 e. The van der Waals surface area contributed by atoms with Crippen molar-refractivity contribution in [2.45, 2.75) is 46.2 Å². The summed E-state index contributed by atoms with van der Waals surface area (Å²) >= 11 is 0. The van der Waals surface area contributed by atoms with Gasteiger partial charge in [0.05, 0.1) is 6.54 Å². The van der Waals surface area contributed by atoms with Gasteiger partial charge in [-0.1, -0.05) is 6.92 Å². The number of aliphatic imine (C=N–C) groups is 1. The summed E-state index contributed by atoms with van der Waals surface area (Å²) in [5, 5.41) is 7.10. The van der Waals surface area contributed by atoms with E-state index >= 15 is 0 Å². The number of guanidine groups is 1. The van der Waals surface area contributed by atoms with Crippen molar-refractivity contribution in [3.05, 3.63) is 0 Å². The van der Waals surface area contributed by atoms with E-state index in [-0.39, 0.29) is 24.0 Å². The van der Waals surface area contributed by atoms with E-state index in [4.69, 9.17) is 4.99 Å². The van der Waals surface area contributed by atoms with Crippen molar-refractivity contribution in [3.63, 3.8) is 0 Å². The van der Waals surface area contributed by atoms with Gasteiger partial charge in [-0.15, -0.1) is 24.0 Å². The van der Waals surface area contributed by atoms with Crippen molar-refractivity contribution >= 4 is 29.9 Å². The van der Waals surface area contributed by atoms with Crippen molar-refractivity contribution in [2.75, 3.05) is 66.0 Å². The zero-order valence-electron chi connectivity index (χ0n) is 17.5. The van der Waals surface area contributed by atoms with Gasteiger partial charge < -0.3 is 20.4 Å². The molecule has 0 saturated carbocycles. The first-order valence-electron chi connectivity index (χ1n) is 10.2. The van der Waals surface area contributed by atoms with Gasteiger partial charge in [-0.25, -0.2) is 0 Å². The molecular formula is C19H41IN6. The number of nitrogens with zero attached hydrogens (tertiary/aromatic N) is 4. The van der Waals surface area contributed by atoms with Crippen LogP contribution >= 0.6 is 24.0 Å². The fraction of sp³-hybridized carbons (Fsp3) is 0.947. The number of likely N-dealkylation sites (tertiary alicyclic amines) is 1. The number of halogens is 1. The van der Waals surface area contributed by atoms with Crippen LogP contribution in [0.5, 0.6) is 0 Å². The number of hydrogen-bond acceptors (Lipinski definition) is 4. The predicted octanol–water partition coefficient (Wildman–Crippen LogP) is 1.53. The highest BCUT2D eigenvalue weighted by atomic mass is 127. The van der Waals surface area contributed by atoms with Crippen LogP contribution in [0.2, 0.25) is 0 Å². The van der Waals surface area contributed by atoms with E-state index in [2.05, 4.69) is 60.1 Å². The Morgan fingerprint density at radius 2 is 1.92 bits per heavy atom. The van der Waals surface area contributed by atoms with Crippen LogP contribution in [-0.2, 0) is 0 Å². The third kappa shape index (κ3) is 7.86. The lowest BCUT2D eigenvalue weighted by Crippen LogP contribution is -2.47. The van der Waals surface area contributed by atoms with Gasteiger partial charge in [-0.05, 0) is 53.2 Å². The average Bonchev–Trinajstić information content (AvgIpc) is 2.80. The molecule has 2 aliphatic heterocycles. The fourth-order valence-corrected chi connectivity index (χ4v) is 3.74. The number of hydrogen-bond donors (Lipinski definition) is 2. The molecule has 2 atom stereocenters. The summed E-state index contributed by atoms with van der Waals surface area (Å²) in [5.41, 5.74) is 0. The molecule has 7 heteroatoms. The Morgan fingerprint density at radius 3 is 2.58 bits per heavy atom. The molecular weight excluding hydrogens is 439 g/mol. The van der Waals surface area contributed by atoms with Gasteiger partial charge in [0.2, 0.25) is 0 Å². The first-order chi connectivity index (χ1) is 12.0. The van der Waals surface area contributed by atoms with Gasteiger partial charge >= 0.3 is 0 Å². The zero-order valence-corrected chi connectivity index (χ0v) is 19.8. The Labute approximate surface area is 178 Å². The maximum atomic E-state index is 4.85. The minimum absolute atomic E-state index is 0. The Bertz CT molecular complexity index is 417. The first-order valence-corrected chi connectivity index (χ1v) is 10.2. The van der Waals surface area contributed by atoms with Crippen LogP contribution < -0.4 is 10.6 Å². The SMILES string of the molecule is CCNC(=NCCN1CCCN(C)CC1)NC1CN(C(C)C)CC1C.I. The van der Waals surface area contributed by atoms with E-state index in [1.54, 1.807) is 0 Å². The monoisotopic (exact) mass is 480 g/mol. The number of rotatable bonds is 6. The highest BCUT2D eigenvalue weighted by Crippen LogP contribution is 2.18. The van der Waals surface area contributed by atoms with E-state index in [0.717, 1.165) is 32.1 Å². The smallest absolute Gasteiger partial charge is 0.191 e. The molecule has 0 aliphatic carbocycles. The average molecular weight is 480 g/mol. The summed E-state index contributed by atoms with van der Waals surface area (Å²) in [5.74, 6) is 1.64. The molecule has 0 bridgehead atoms. The molecule has 0 radical (unpaired) electrons. The summed E-state index contributed by atoms with van der Waals surface area (Å²) in [6.45, 7) is 18.9. The molecule has 2 unspecified atom stereocenters. The topological polar surface area (TPSA) is 46.1 Å². The molecule has 6 nitrogen and oxygen atoms in total. The Kier molecular flexibility index (Phi) is 11.4. The van der Waals surface area contributed by atoms with E-state index < -0.39 is 0 Å². The summed E-state index contributed by atoms with van der Waals surface area (Å²) in [4.78, 5) is 12.4. The van der Waals surface area contributed by atoms with Gasteiger partial charge in [0.15, 0.2) is 5.96 Å². The minimum atomic E-state index is 0. The standard InChI is InChI=1S/C19H40N6.HI/c1-6-20-19(22-18-15-25(16(2)3)14-17(18)4)21-8-11-24-10-7-9-23(5)12-13-24;/h16-18H,6-15H2,1-5H3,(H2,20,21,22);1H. The van der Waals surface area contributed by atoms with Crippen molar-refractivity contribution in [3.8, 4) is 0 Å². The maximum absolute atomic E-state index is 4.85. The van der Waals surface area contributed by atoms with Crippen LogP contribution in [0.3, 0.4) is 0 Å². The Morgan fingerprint density at radius 1 is 1.15 bits per heavy atom. The lowest BCUT2D eigenvalue weighted by Gasteiger charge is -2.22. The molecule has 0 spiro atoms. The zero-order chi connectivity index (χ0) is 18.2. The molecule has 26 heavy (non-hydrogen) atoms. The molecule has 154 valence electrons. The first kappa shape index (κ1) is 23.9. The van der Waals surface area contributed by atoms with E-state index in [0.29, 0.717) is 18.0 Å². The largest absolute Gasteiger partial charge is 0.357 e. The minimum Gasteiger partial charge on any atom is -0.357 e. The Balaban J connectivity index is 0.00000338. The second kappa shape index (κ2) is 12.4. The lowest BCUT2D eigenvalue weighted by atomic mass is 10.1. The molecule has 0 aromatic rings. The highest BCUT2D eigenvalue weighted by Gasteiger charge is 2.31. The van der Waals surface area contributed by atoms with E-state index in [1.165, 1.54) is 39.1 Å². The van der Waals surface area contributed by atoms with Gasteiger partial charge in [0.1, 0.15) is 0 Å². The van der Waals surface area contributed by atoms with Crippen molar-refractivity contribution < 1.29 is 0 Å². The van der Waals surface area contributed by atoms with Gasteiger partial charge in [0.25, 0.3) is 0 Å². The fourth-order valence-electron chi connectivity index (χ4n) is 3.74. The van der Waals surface area contributed by atoms with E-state index in [1.807, 2.05) is 0 Å². The van der Waals surface area contributed by atoms with Crippen molar-refractivity contribution in [1.82, 2.24) is 25.3 Å². The molecule has 2 fully saturated rings. The lowest BCUT2D eigenvalue weighted by molar-refractivity contribution is 0.265. The molecule has 2 rings (SSSR count). The molecule has 2 N–H and O–H groups in total. The highest BCUT2D eigenvalue weighted by molar-refractivity contribution is 14.0. The molecule has 0 amide bonds. The second-order valence-electron chi connectivity index (χ2n) is 8.03. The summed E-state index contributed by atoms with van der Waals surface area (Å²) in [6, 6.07) is 1.11. The third-order valence-corrected chi connectivity index (χ3v) is 5.54. The molecule has 0 aromatic heterocycles.